The van der Waals surface area contributed by atoms with Gasteiger partial charge in [0.25, 0.3) is 11.1 Å². The fourth-order valence-electron chi connectivity index (χ4n) is 10.2. The Morgan fingerprint density at radius 2 is 1.08 bits per heavy atom. The molecule has 0 aliphatic carbocycles. The van der Waals surface area contributed by atoms with E-state index in [1.54, 1.807) is 26.4 Å². The second kappa shape index (κ2) is 25.4. The second-order valence-electron chi connectivity index (χ2n) is 20.4. The number of amides is 1. The Bertz CT molecular complexity index is 2750. The molecule has 1 N–H and O–H groups in total. The highest BCUT2D eigenvalue weighted by Gasteiger charge is 2.31. The number of piperidine rings is 2. The van der Waals surface area contributed by atoms with Crippen LogP contribution in [-0.2, 0) is 30.7 Å². The van der Waals surface area contributed by atoms with Crippen LogP contribution in [0.5, 0.6) is 11.5 Å². The number of carbonyl (C=O) groups is 1. The highest BCUT2D eigenvalue weighted by atomic mass is 16.6. The van der Waals surface area contributed by atoms with Crippen molar-refractivity contribution in [2.45, 2.75) is 117 Å². The third kappa shape index (κ3) is 15.0. The van der Waals surface area contributed by atoms with Crippen molar-refractivity contribution in [2.24, 2.45) is 0 Å². The number of carbonyl (C=O) groups excluding carboxylic acids is 1. The molecule has 6 aromatic rings. The van der Waals surface area contributed by atoms with E-state index in [2.05, 4.69) is 69.7 Å². The molecule has 0 atom stereocenters. The van der Waals surface area contributed by atoms with Crippen molar-refractivity contribution < 1.29 is 19.0 Å². The largest absolute Gasteiger partial charge is 0.497 e. The lowest BCUT2D eigenvalue weighted by atomic mass is 10.0. The van der Waals surface area contributed by atoms with Gasteiger partial charge in [-0.25, -0.2) is 4.79 Å². The first-order valence-corrected chi connectivity index (χ1v) is 25.9. The van der Waals surface area contributed by atoms with E-state index in [0.717, 1.165) is 122 Å². The molecular weight excluding hydrogens is 889 g/mol. The number of hydrogen-bond acceptors (Lipinski definition) is 9. The smallest absolute Gasteiger partial charge is 0.410 e. The van der Waals surface area contributed by atoms with Crippen LogP contribution < -0.4 is 25.9 Å². The molecule has 4 aromatic carbocycles. The molecule has 12 nitrogen and oxygen atoms in total. The summed E-state index contributed by atoms with van der Waals surface area (Å²) in [6.45, 7) is 18.4. The van der Waals surface area contributed by atoms with Crippen molar-refractivity contribution in [2.75, 3.05) is 66.6 Å². The predicted octanol–water partition coefficient (Wildman–Crippen LogP) is 9.66. The summed E-state index contributed by atoms with van der Waals surface area (Å²) in [7, 11) is 3.31. The van der Waals surface area contributed by atoms with Crippen molar-refractivity contribution in [3.63, 3.8) is 0 Å². The van der Waals surface area contributed by atoms with E-state index in [4.69, 9.17) is 14.2 Å². The van der Waals surface area contributed by atoms with E-state index >= 15 is 0 Å². The number of fused-ring (bicyclic) bond motifs is 2. The van der Waals surface area contributed by atoms with Gasteiger partial charge in [0.05, 0.1) is 25.3 Å². The summed E-state index contributed by atoms with van der Waals surface area (Å²) in [5, 5.41) is 5.92. The van der Waals surface area contributed by atoms with Crippen molar-refractivity contribution in [1.82, 2.24) is 29.2 Å². The fraction of sp³-hybridized carbons (Fsp3) is 0.475. The molecule has 0 spiro atoms. The lowest BCUT2D eigenvalue weighted by molar-refractivity contribution is 0.00777. The molecule has 2 saturated heterocycles. The maximum Gasteiger partial charge on any atom is 0.410 e. The van der Waals surface area contributed by atoms with E-state index in [1.165, 1.54) is 30.4 Å². The van der Waals surface area contributed by atoms with Crippen LogP contribution in [0.3, 0.4) is 0 Å². The molecular formula is C59H78N6O6. The number of nitrogens with one attached hydrogen (secondary N) is 1. The Morgan fingerprint density at radius 1 is 0.620 bits per heavy atom. The first-order chi connectivity index (χ1) is 34.3. The van der Waals surface area contributed by atoms with E-state index in [0.29, 0.717) is 25.7 Å². The molecule has 71 heavy (non-hydrogen) atoms. The summed E-state index contributed by atoms with van der Waals surface area (Å²) in [6, 6.07) is 37.2. The number of rotatable bonds is 18. The van der Waals surface area contributed by atoms with Gasteiger partial charge in [-0.3, -0.25) is 9.59 Å². The maximum absolute atomic E-state index is 13.2. The molecule has 0 saturated carbocycles. The molecule has 8 rings (SSSR count). The van der Waals surface area contributed by atoms with Gasteiger partial charge in [0.1, 0.15) is 17.1 Å². The van der Waals surface area contributed by atoms with Gasteiger partial charge in [-0.2, -0.15) is 0 Å². The summed E-state index contributed by atoms with van der Waals surface area (Å²) in [5.41, 5.74) is 6.12. The van der Waals surface area contributed by atoms with Crippen molar-refractivity contribution in [1.29, 1.82) is 0 Å². The topological polar surface area (TPSA) is 111 Å². The van der Waals surface area contributed by atoms with Gasteiger partial charge >= 0.3 is 6.09 Å². The molecule has 2 fully saturated rings. The number of likely N-dealkylation sites (tertiary alicyclic amines) is 2. The molecule has 12 heteroatoms. The Balaban J connectivity index is 0.000000213. The minimum Gasteiger partial charge on any atom is -0.497 e. The zero-order valence-electron chi connectivity index (χ0n) is 43.5. The SMILES string of the molecule is COc1ccc2c(C)cc(=O)n(CCN3CCC(N(CCCc4ccccc4)C(=O)OC(C)(C)C)CC3)c2c1.COc1ccc2c(C)cc(=O)n(CCN3CCC(NCCCc4ccccc4)CC3)c2c1. The van der Waals surface area contributed by atoms with Crippen LogP contribution in [0.15, 0.2) is 119 Å². The van der Waals surface area contributed by atoms with Crippen molar-refractivity contribution in [3.8, 4) is 11.5 Å². The molecule has 0 unspecified atom stereocenters. The molecule has 0 bridgehead atoms. The van der Waals surface area contributed by atoms with Gasteiger partial charge in [-0.1, -0.05) is 60.7 Å². The minimum absolute atomic E-state index is 0.0117. The molecule has 4 heterocycles. The Hall–Kier alpha value is -5.95. The third-order valence-electron chi connectivity index (χ3n) is 14.2. The summed E-state index contributed by atoms with van der Waals surface area (Å²) in [6.07, 6.45) is 8.04. The standard InChI is InChI=1S/C32H43N3O4.C27H35N3O2/c1-24-22-30(36)35(29-23-27(38-5)13-14-28(24)29)21-20-33-18-15-26(16-19-33)34(31(37)39-32(2,3)4)17-9-12-25-10-7-6-8-11-25;1-21-19-27(31)30(26-20-24(32-2)10-11-25(21)26)18-17-29-15-12-23(13-16-29)28-14-6-9-22-7-4-3-5-8-22/h6-8,10-11,13-14,22-23,26H,9,12,15-21H2,1-5H3;3-5,7-8,10-11,19-20,23,28H,6,9,12-18H2,1-2H3. The summed E-state index contributed by atoms with van der Waals surface area (Å²) in [4.78, 5) is 45.6. The predicted molar refractivity (Wildman–Crippen MR) is 288 cm³/mol. The van der Waals surface area contributed by atoms with Crippen LogP contribution in [0.1, 0.15) is 81.5 Å². The lowest BCUT2D eigenvalue weighted by Crippen LogP contribution is -2.49. The molecule has 0 radical (unpaired) electrons. The summed E-state index contributed by atoms with van der Waals surface area (Å²) in [5.74, 6) is 1.53. The van der Waals surface area contributed by atoms with Crippen LogP contribution in [0.2, 0.25) is 0 Å². The van der Waals surface area contributed by atoms with E-state index in [-0.39, 0.29) is 23.3 Å². The third-order valence-corrected chi connectivity index (χ3v) is 14.2. The fourth-order valence-corrected chi connectivity index (χ4v) is 10.2. The highest BCUT2D eigenvalue weighted by molar-refractivity contribution is 5.84. The highest BCUT2D eigenvalue weighted by Crippen LogP contribution is 2.25. The first kappa shape index (κ1) is 52.9. The first-order valence-electron chi connectivity index (χ1n) is 25.9. The monoisotopic (exact) mass is 967 g/mol. The van der Waals surface area contributed by atoms with Crippen LogP contribution in [0.4, 0.5) is 4.79 Å². The van der Waals surface area contributed by atoms with Crippen molar-refractivity contribution >= 4 is 27.9 Å². The quantitative estimate of drug-likeness (QED) is 0.0843. The average Bonchev–Trinajstić information content (AvgIpc) is 3.37. The number of pyridine rings is 2. The normalized spacial score (nSPS) is 15.1. The van der Waals surface area contributed by atoms with Crippen LogP contribution in [-0.4, -0.2) is 114 Å². The number of nitrogens with zero attached hydrogens (tertiary/aromatic N) is 5. The van der Waals surface area contributed by atoms with E-state index in [9.17, 15) is 14.4 Å². The molecule has 380 valence electrons. The van der Waals surface area contributed by atoms with Gasteiger partial charge in [0.15, 0.2) is 0 Å². The van der Waals surface area contributed by atoms with Crippen LogP contribution >= 0.6 is 0 Å². The Kier molecular flexibility index (Phi) is 18.9. The Labute approximate surface area is 421 Å². The van der Waals surface area contributed by atoms with Gasteiger partial charge in [-0.15, -0.1) is 0 Å². The number of benzene rings is 4. The number of ether oxygens (including phenoxy) is 3. The van der Waals surface area contributed by atoms with E-state index < -0.39 is 5.60 Å². The lowest BCUT2D eigenvalue weighted by Gasteiger charge is -2.39. The zero-order valence-corrected chi connectivity index (χ0v) is 43.5. The number of aromatic nitrogens is 2. The molecule has 2 aliphatic rings. The zero-order chi connectivity index (χ0) is 50.3. The number of hydrogen-bond donors (Lipinski definition) is 1. The number of methoxy groups -OCH3 is 2. The van der Waals surface area contributed by atoms with E-state index in [1.807, 2.05) is 91.1 Å². The molecule has 1 amide bonds. The summed E-state index contributed by atoms with van der Waals surface area (Å²) >= 11 is 0. The average molecular weight is 967 g/mol. The van der Waals surface area contributed by atoms with Crippen LogP contribution in [0, 0.1) is 13.8 Å². The minimum atomic E-state index is -0.526. The summed E-state index contributed by atoms with van der Waals surface area (Å²) < 4.78 is 20.4. The molecule has 2 aromatic heterocycles. The maximum atomic E-state index is 13.2. The van der Waals surface area contributed by atoms with Gasteiger partial charge < -0.3 is 43.4 Å². The molecule has 2 aliphatic heterocycles. The van der Waals surface area contributed by atoms with Crippen LogP contribution in [0.25, 0.3) is 21.8 Å². The Morgan fingerprint density at radius 3 is 1.55 bits per heavy atom. The van der Waals surface area contributed by atoms with Crippen molar-refractivity contribution in [3.05, 3.63) is 152 Å². The van der Waals surface area contributed by atoms with Gasteiger partial charge in [0, 0.05) is 92.9 Å². The van der Waals surface area contributed by atoms with Gasteiger partial charge in [0.2, 0.25) is 0 Å². The second-order valence-corrected chi connectivity index (χ2v) is 20.4. The number of aryl methyl sites for hydroxylation is 4. The van der Waals surface area contributed by atoms with Gasteiger partial charge in [-0.05, 0) is 152 Å².